The number of nitrogens with zero attached hydrogens (tertiary/aromatic N) is 3. The second-order valence-electron chi connectivity index (χ2n) is 3.07. The Balaban J connectivity index is 2.22. The summed E-state index contributed by atoms with van der Waals surface area (Å²) < 4.78 is 0. The molecule has 2 N–H and O–H groups in total. The average Bonchev–Trinajstić information content (AvgIpc) is 2.17. The Kier molecular flexibility index (Phi) is 2.78. The summed E-state index contributed by atoms with van der Waals surface area (Å²) in [5.41, 5.74) is 6.50. The van der Waals surface area contributed by atoms with Gasteiger partial charge in [0.15, 0.2) is 0 Å². The molecular formula is C10H9ClN4. The van der Waals surface area contributed by atoms with Gasteiger partial charge >= 0.3 is 0 Å². The fourth-order valence-corrected chi connectivity index (χ4v) is 1.47. The summed E-state index contributed by atoms with van der Waals surface area (Å²) in [5.74, 6) is 0.881. The number of halogens is 1. The van der Waals surface area contributed by atoms with Gasteiger partial charge in [-0.2, -0.15) is 4.98 Å². The van der Waals surface area contributed by atoms with Crippen molar-refractivity contribution in [1.82, 2.24) is 15.0 Å². The minimum absolute atomic E-state index is 0.238. The van der Waals surface area contributed by atoms with Gasteiger partial charge in [0.25, 0.3) is 0 Å². The molecule has 2 aromatic rings. The lowest BCUT2D eigenvalue weighted by Crippen LogP contribution is -2.02. The van der Waals surface area contributed by atoms with Crippen LogP contribution in [0, 0.1) is 0 Å². The van der Waals surface area contributed by atoms with Crippen molar-refractivity contribution >= 4 is 17.5 Å². The highest BCUT2D eigenvalue weighted by molar-refractivity contribution is 6.30. The molecule has 1 aromatic heterocycles. The van der Waals surface area contributed by atoms with Crippen molar-refractivity contribution in [3.05, 3.63) is 47.0 Å². The quantitative estimate of drug-likeness (QED) is 0.837. The lowest BCUT2D eigenvalue weighted by Gasteiger charge is -2.00. The first kappa shape index (κ1) is 9.86. The summed E-state index contributed by atoms with van der Waals surface area (Å²) in [5, 5.41) is 0.703. The molecule has 0 atom stereocenters. The van der Waals surface area contributed by atoms with E-state index in [0.717, 1.165) is 5.56 Å². The van der Waals surface area contributed by atoms with Crippen LogP contribution in [-0.2, 0) is 6.42 Å². The predicted octanol–water partition coefficient (Wildman–Crippen LogP) is 1.70. The number of anilines is 1. The number of nitrogen functional groups attached to an aromatic ring is 1. The minimum atomic E-state index is 0.238. The molecule has 0 amide bonds. The monoisotopic (exact) mass is 220 g/mol. The maximum absolute atomic E-state index is 5.86. The highest BCUT2D eigenvalue weighted by Crippen LogP contribution is 2.12. The van der Waals surface area contributed by atoms with E-state index >= 15 is 0 Å². The van der Waals surface area contributed by atoms with Crippen molar-refractivity contribution in [2.24, 2.45) is 0 Å². The Morgan fingerprint density at radius 3 is 2.87 bits per heavy atom. The van der Waals surface area contributed by atoms with E-state index in [-0.39, 0.29) is 5.95 Å². The van der Waals surface area contributed by atoms with Crippen LogP contribution in [0.15, 0.2) is 30.6 Å². The van der Waals surface area contributed by atoms with Crippen molar-refractivity contribution in [2.75, 3.05) is 5.73 Å². The smallest absolute Gasteiger partial charge is 0.223 e. The molecule has 15 heavy (non-hydrogen) atoms. The third-order valence-corrected chi connectivity index (χ3v) is 2.13. The molecule has 0 unspecified atom stereocenters. The fraction of sp³-hybridized carbons (Fsp3) is 0.100. The molecule has 0 saturated heterocycles. The van der Waals surface area contributed by atoms with Gasteiger partial charge in [-0.05, 0) is 17.7 Å². The van der Waals surface area contributed by atoms with Crippen molar-refractivity contribution in [3.8, 4) is 0 Å². The molecule has 0 spiro atoms. The second kappa shape index (κ2) is 4.23. The summed E-state index contributed by atoms with van der Waals surface area (Å²) in [6, 6.07) is 7.56. The number of hydrogen-bond donors (Lipinski definition) is 1. The van der Waals surface area contributed by atoms with E-state index < -0.39 is 0 Å². The Morgan fingerprint density at radius 1 is 1.27 bits per heavy atom. The minimum Gasteiger partial charge on any atom is -0.368 e. The first-order valence-corrected chi connectivity index (χ1v) is 4.79. The molecule has 0 radical (unpaired) electrons. The van der Waals surface area contributed by atoms with Crippen LogP contribution in [0.2, 0.25) is 5.02 Å². The molecule has 76 valence electrons. The van der Waals surface area contributed by atoms with Gasteiger partial charge in [-0.15, -0.1) is 0 Å². The number of hydrogen-bond acceptors (Lipinski definition) is 4. The van der Waals surface area contributed by atoms with Gasteiger partial charge in [0.05, 0.1) is 0 Å². The largest absolute Gasteiger partial charge is 0.368 e. The highest BCUT2D eigenvalue weighted by atomic mass is 35.5. The molecule has 0 bridgehead atoms. The van der Waals surface area contributed by atoms with E-state index in [9.17, 15) is 0 Å². The van der Waals surface area contributed by atoms with Crippen LogP contribution in [0.5, 0.6) is 0 Å². The molecule has 0 aliphatic heterocycles. The van der Waals surface area contributed by atoms with E-state index in [4.69, 9.17) is 17.3 Å². The lowest BCUT2D eigenvalue weighted by atomic mass is 10.1. The van der Waals surface area contributed by atoms with Crippen LogP contribution in [0.1, 0.15) is 11.4 Å². The summed E-state index contributed by atoms with van der Waals surface area (Å²) in [6.45, 7) is 0. The molecule has 5 heteroatoms. The maximum Gasteiger partial charge on any atom is 0.223 e. The zero-order chi connectivity index (χ0) is 10.7. The molecule has 2 rings (SSSR count). The number of aromatic nitrogens is 3. The van der Waals surface area contributed by atoms with Gasteiger partial charge in [-0.1, -0.05) is 23.7 Å². The Labute approximate surface area is 92.2 Å². The van der Waals surface area contributed by atoms with Gasteiger partial charge in [0.1, 0.15) is 12.2 Å². The van der Waals surface area contributed by atoms with Crippen LogP contribution in [-0.4, -0.2) is 15.0 Å². The molecule has 0 aliphatic rings. The van der Waals surface area contributed by atoms with Crippen molar-refractivity contribution in [1.29, 1.82) is 0 Å². The Bertz CT molecular complexity index is 429. The fourth-order valence-electron chi connectivity index (χ4n) is 1.26. The zero-order valence-corrected chi connectivity index (χ0v) is 8.65. The van der Waals surface area contributed by atoms with E-state index in [1.807, 2.05) is 24.3 Å². The van der Waals surface area contributed by atoms with Crippen molar-refractivity contribution in [3.63, 3.8) is 0 Å². The van der Waals surface area contributed by atoms with E-state index in [2.05, 4.69) is 15.0 Å². The van der Waals surface area contributed by atoms with Gasteiger partial charge in [0, 0.05) is 11.4 Å². The van der Waals surface area contributed by atoms with Crippen LogP contribution in [0.25, 0.3) is 0 Å². The third kappa shape index (κ3) is 2.63. The number of benzene rings is 1. The molecular weight excluding hydrogens is 212 g/mol. The molecule has 1 aromatic carbocycles. The summed E-state index contributed by atoms with van der Waals surface area (Å²) >= 11 is 5.86. The summed E-state index contributed by atoms with van der Waals surface area (Å²) in [7, 11) is 0. The number of nitrogens with two attached hydrogens (primary N) is 1. The maximum atomic E-state index is 5.86. The molecule has 0 saturated carbocycles. The SMILES string of the molecule is Nc1ncnc(Cc2cccc(Cl)c2)n1. The van der Waals surface area contributed by atoms with Crippen LogP contribution >= 0.6 is 11.6 Å². The summed E-state index contributed by atoms with van der Waals surface area (Å²) in [4.78, 5) is 11.8. The Hall–Kier alpha value is -1.68. The second-order valence-corrected chi connectivity index (χ2v) is 3.50. The zero-order valence-electron chi connectivity index (χ0n) is 7.89. The Morgan fingerprint density at radius 2 is 2.13 bits per heavy atom. The predicted molar refractivity (Wildman–Crippen MR) is 58.5 cm³/mol. The topological polar surface area (TPSA) is 64.7 Å². The van der Waals surface area contributed by atoms with Crippen LogP contribution in [0.4, 0.5) is 5.95 Å². The van der Waals surface area contributed by atoms with Crippen LogP contribution in [0.3, 0.4) is 0 Å². The molecule has 4 nitrogen and oxygen atoms in total. The van der Waals surface area contributed by atoms with Crippen molar-refractivity contribution < 1.29 is 0 Å². The van der Waals surface area contributed by atoms with Crippen molar-refractivity contribution in [2.45, 2.75) is 6.42 Å². The van der Waals surface area contributed by atoms with E-state index in [1.165, 1.54) is 6.33 Å². The molecule has 0 fully saturated rings. The first-order valence-electron chi connectivity index (χ1n) is 4.42. The van der Waals surface area contributed by atoms with Gasteiger partial charge in [-0.3, -0.25) is 0 Å². The molecule has 0 aliphatic carbocycles. The van der Waals surface area contributed by atoms with E-state index in [0.29, 0.717) is 17.3 Å². The number of rotatable bonds is 2. The summed E-state index contributed by atoms with van der Waals surface area (Å²) in [6.07, 6.45) is 2.01. The standard InChI is InChI=1S/C10H9ClN4/c11-8-3-1-2-7(4-8)5-9-13-6-14-10(12)15-9/h1-4,6H,5H2,(H2,12,13,14,15). The lowest BCUT2D eigenvalue weighted by molar-refractivity contribution is 0.929. The first-order chi connectivity index (χ1) is 7.24. The van der Waals surface area contributed by atoms with E-state index in [1.54, 1.807) is 0 Å². The molecule has 1 heterocycles. The third-order valence-electron chi connectivity index (χ3n) is 1.89. The van der Waals surface area contributed by atoms with Gasteiger partial charge in [0.2, 0.25) is 5.95 Å². The van der Waals surface area contributed by atoms with Gasteiger partial charge < -0.3 is 5.73 Å². The highest BCUT2D eigenvalue weighted by Gasteiger charge is 2.00. The average molecular weight is 221 g/mol. The van der Waals surface area contributed by atoms with Gasteiger partial charge in [-0.25, -0.2) is 9.97 Å². The van der Waals surface area contributed by atoms with Crippen LogP contribution < -0.4 is 5.73 Å². The normalized spacial score (nSPS) is 10.2.